The average molecular weight is 749 g/mol. The van der Waals surface area contributed by atoms with E-state index in [1.54, 1.807) is 0 Å². The molecule has 5 nitrogen and oxygen atoms in total. The fourth-order valence-corrected chi connectivity index (χ4v) is 8.56. The highest BCUT2D eigenvalue weighted by Crippen LogP contribution is 2.44. The van der Waals surface area contributed by atoms with Gasteiger partial charge in [-0.2, -0.15) is 0 Å². The van der Waals surface area contributed by atoms with Gasteiger partial charge in [-0.25, -0.2) is 4.98 Å². The molecule has 8 aromatic carbocycles. The number of benzene rings is 8. The quantitative estimate of drug-likeness (QED) is 0.170. The topological polar surface area (TPSA) is 38.6 Å². The van der Waals surface area contributed by atoms with Gasteiger partial charge in [-0.3, -0.25) is 8.97 Å². The highest BCUT2D eigenvalue weighted by molar-refractivity contribution is 6.14. The van der Waals surface area contributed by atoms with Crippen molar-refractivity contribution in [1.82, 2.24) is 14.0 Å². The zero-order chi connectivity index (χ0) is 39.0. The van der Waals surface area contributed by atoms with E-state index in [4.69, 9.17) is 9.40 Å². The third-order valence-corrected chi connectivity index (χ3v) is 11.5. The maximum Gasteiger partial charge on any atom is 0.220 e. The van der Waals surface area contributed by atoms with Crippen LogP contribution in [0.2, 0.25) is 0 Å². The number of fused-ring (bicyclic) bond motifs is 8. The molecule has 0 saturated carbocycles. The molecule has 0 bridgehead atoms. The van der Waals surface area contributed by atoms with E-state index < -0.39 is 0 Å². The Labute approximate surface area is 336 Å². The number of furan rings is 1. The van der Waals surface area contributed by atoms with Crippen LogP contribution in [0.3, 0.4) is 0 Å². The molecule has 0 saturated heterocycles. The molecule has 0 N–H and O–H groups in total. The van der Waals surface area contributed by atoms with Crippen molar-refractivity contribution >= 4 is 66.8 Å². The van der Waals surface area contributed by atoms with Crippen LogP contribution in [-0.4, -0.2) is 14.0 Å². The summed E-state index contributed by atoms with van der Waals surface area (Å²) < 4.78 is 11.1. The van der Waals surface area contributed by atoms with Gasteiger partial charge in [0.1, 0.15) is 11.2 Å². The first-order valence-electron chi connectivity index (χ1n) is 19.9. The van der Waals surface area contributed by atoms with Crippen LogP contribution in [0.5, 0.6) is 0 Å². The second-order valence-electron chi connectivity index (χ2n) is 16.1. The van der Waals surface area contributed by atoms with Crippen LogP contribution in [0.4, 0.5) is 17.1 Å². The molecular formula is C53H40N4O. The molecule has 0 amide bonds. The molecule has 0 fully saturated rings. The Morgan fingerprint density at radius 2 is 1.14 bits per heavy atom. The molecule has 0 aliphatic heterocycles. The van der Waals surface area contributed by atoms with Crippen LogP contribution in [0.15, 0.2) is 192 Å². The van der Waals surface area contributed by atoms with Crippen LogP contribution < -0.4 is 4.90 Å². The predicted molar refractivity (Wildman–Crippen MR) is 241 cm³/mol. The van der Waals surface area contributed by atoms with Crippen molar-refractivity contribution in [1.29, 1.82) is 0 Å². The summed E-state index contributed by atoms with van der Waals surface area (Å²) >= 11 is 0. The van der Waals surface area contributed by atoms with Gasteiger partial charge in [0.05, 0.1) is 33.1 Å². The molecular weight excluding hydrogens is 709 g/mol. The Balaban J connectivity index is 1.06. The van der Waals surface area contributed by atoms with Crippen LogP contribution in [0.1, 0.15) is 26.3 Å². The summed E-state index contributed by atoms with van der Waals surface area (Å²) in [6, 6.07) is 67.0. The first-order valence-corrected chi connectivity index (χ1v) is 19.9. The van der Waals surface area contributed by atoms with E-state index in [0.29, 0.717) is 0 Å². The van der Waals surface area contributed by atoms with Crippen LogP contribution in [-0.2, 0) is 5.41 Å². The summed E-state index contributed by atoms with van der Waals surface area (Å²) in [5.74, 6) is 0.896. The molecule has 11 aromatic rings. The molecule has 5 heteroatoms. The van der Waals surface area contributed by atoms with Crippen molar-refractivity contribution in [2.45, 2.75) is 26.2 Å². The molecule has 0 radical (unpaired) electrons. The van der Waals surface area contributed by atoms with Gasteiger partial charge in [0.25, 0.3) is 0 Å². The smallest absolute Gasteiger partial charge is 0.220 e. The van der Waals surface area contributed by atoms with Gasteiger partial charge in [-0.1, -0.05) is 124 Å². The van der Waals surface area contributed by atoms with Crippen LogP contribution >= 0.6 is 0 Å². The number of rotatable bonds is 6. The lowest BCUT2D eigenvalue weighted by atomic mass is 9.86. The summed E-state index contributed by atoms with van der Waals surface area (Å²) in [6.07, 6.45) is 0. The molecule has 278 valence electrons. The van der Waals surface area contributed by atoms with E-state index in [1.165, 1.54) is 16.7 Å². The number of hydrogen-bond acceptors (Lipinski definition) is 3. The van der Waals surface area contributed by atoms with Gasteiger partial charge >= 0.3 is 0 Å². The molecule has 0 spiro atoms. The van der Waals surface area contributed by atoms with Crippen molar-refractivity contribution < 1.29 is 4.42 Å². The number of anilines is 3. The normalized spacial score (nSPS) is 12.1. The summed E-state index contributed by atoms with van der Waals surface area (Å²) in [5.41, 5.74) is 16.3. The Kier molecular flexibility index (Phi) is 7.67. The minimum absolute atomic E-state index is 0.114. The first-order chi connectivity index (χ1) is 28.4. The van der Waals surface area contributed by atoms with E-state index >= 15 is 0 Å². The van der Waals surface area contributed by atoms with Crippen molar-refractivity contribution in [2.24, 2.45) is 0 Å². The number of aromatic nitrogens is 3. The van der Waals surface area contributed by atoms with E-state index in [9.17, 15) is 0 Å². The second kappa shape index (κ2) is 13.1. The third-order valence-electron chi connectivity index (χ3n) is 11.5. The fraction of sp³-hybridized carbons (Fsp3) is 0.0755. The van der Waals surface area contributed by atoms with Crippen LogP contribution in [0, 0.1) is 0 Å². The van der Waals surface area contributed by atoms with Crippen molar-refractivity contribution in [3.8, 4) is 27.9 Å². The average Bonchev–Trinajstić information content (AvgIpc) is 3.93. The van der Waals surface area contributed by atoms with Gasteiger partial charge < -0.3 is 9.32 Å². The lowest BCUT2D eigenvalue weighted by molar-refractivity contribution is 0.590. The maximum absolute atomic E-state index is 6.59. The van der Waals surface area contributed by atoms with Gasteiger partial charge in [-0.05, 0) is 118 Å². The molecule has 0 atom stereocenters. The Hall–Kier alpha value is -7.37. The third kappa shape index (κ3) is 5.50. The van der Waals surface area contributed by atoms with Crippen molar-refractivity contribution in [3.05, 3.63) is 194 Å². The molecule has 11 rings (SSSR count). The lowest BCUT2D eigenvalue weighted by Gasteiger charge is -2.26. The minimum atomic E-state index is 0.114. The predicted octanol–water partition coefficient (Wildman–Crippen LogP) is 14.4. The first kappa shape index (κ1) is 33.9. The molecule has 0 unspecified atom stereocenters. The lowest BCUT2D eigenvalue weighted by Crippen LogP contribution is -2.10. The number of hydrogen-bond donors (Lipinski definition) is 0. The van der Waals surface area contributed by atoms with Gasteiger partial charge in [-0.15, -0.1) is 0 Å². The number of para-hydroxylation sites is 4. The van der Waals surface area contributed by atoms with Crippen molar-refractivity contribution in [2.75, 3.05) is 4.90 Å². The Bertz CT molecular complexity index is 3290. The second-order valence-corrected chi connectivity index (χ2v) is 16.1. The highest BCUT2D eigenvalue weighted by Gasteiger charge is 2.22. The summed E-state index contributed by atoms with van der Waals surface area (Å²) in [6.45, 7) is 6.76. The standard InChI is InChI=1S/C53H40N4O/c1-53(2,3)39-27-21-35(22-28-39)36-23-29-42(30-24-36)55(40-13-6-4-7-14-40)47-19-12-20-50-51(47)43-33-37(26-32-49(43)58-50)38-25-31-46-48(34-38)57-45-18-11-10-17-44(45)54-52(57)56(46)41-15-8-5-9-16-41/h4-34H,1-3H3. The monoisotopic (exact) mass is 748 g/mol. The van der Waals surface area contributed by atoms with Crippen LogP contribution in [0.25, 0.3) is 77.7 Å². The maximum atomic E-state index is 6.59. The minimum Gasteiger partial charge on any atom is -0.456 e. The van der Waals surface area contributed by atoms with Crippen molar-refractivity contribution in [3.63, 3.8) is 0 Å². The fourth-order valence-electron chi connectivity index (χ4n) is 8.56. The molecule has 58 heavy (non-hydrogen) atoms. The highest BCUT2D eigenvalue weighted by atomic mass is 16.3. The van der Waals surface area contributed by atoms with E-state index in [-0.39, 0.29) is 5.41 Å². The van der Waals surface area contributed by atoms with Gasteiger partial charge in [0.15, 0.2) is 0 Å². The van der Waals surface area contributed by atoms with Gasteiger partial charge in [0.2, 0.25) is 5.78 Å². The molecule has 3 heterocycles. The number of imidazole rings is 2. The van der Waals surface area contributed by atoms with Gasteiger partial charge in [0, 0.05) is 22.4 Å². The Morgan fingerprint density at radius 1 is 0.500 bits per heavy atom. The largest absolute Gasteiger partial charge is 0.456 e. The summed E-state index contributed by atoms with van der Waals surface area (Å²) in [5, 5.41) is 2.14. The van der Waals surface area contributed by atoms with E-state index in [2.05, 4.69) is 223 Å². The molecule has 0 aliphatic carbocycles. The van der Waals surface area contributed by atoms with E-state index in [1.807, 2.05) is 0 Å². The number of nitrogens with zero attached hydrogens (tertiary/aromatic N) is 4. The summed E-state index contributed by atoms with van der Waals surface area (Å²) in [4.78, 5) is 7.46. The van der Waals surface area contributed by atoms with E-state index in [0.717, 1.165) is 83.7 Å². The zero-order valence-electron chi connectivity index (χ0n) is 32.6. The molecule has 0 aliphatic rings. The summed E-state index contributed by atoms with van der Waals surface area (Å²) in [7, 11) is 0. The molecule has 3 aromatic heterocycles. The SMILES string of the molecule is CC(C)(C)c1ccc(-c2ccc(N(c3ccccc3)c3cccc4oc5ccc(-c6ccc7c(c6)n6c8ccccc8nc6n7-c6ccccc6)cc5c34)cc2)cc1. The Morgan fingerprint density at radius 3 is 1.90 bits per heavy atom. The zero-order valence-corrected chi connectivity index (χ0v) is 32.6.